The minimum absolute atomic E-state index is 0.162. The van der Waals surface area contributed by atoms with E-state index >= 15 is 0 Å². The quantitative estimate of drug-likeness (QED) is 0.698. The second kappa shape index (κ2) is 6.40. The minimum Gasteiger partial charge on any atom is -0.480 e. The van der Waals surface area contributed by atoms with Crippen molar-refractivity contribution in [2.45, 2.75) is 19.9 Å². The highest BCUT2D eigenvalue weighted by atomic mass is 16.5. The highest BCUT2D eigenvalue weighted by Crippen LogP contribution is 2.06. The summed E-state index contributed by atoms with van der Waals surface area (Å²) in [7, 11) is 1.63. The van der Waals surface area contributed by atoms with Crippen LogP contribution in [-0.4, -0.2) is 51.3 Å². The van der Waals surface area contributed by atoms with Crippen molar-refractivity contribution >= 4 is 11.8 Å². The maximum Gasteiger partial charge on any atom is 0.211 e. The Morgan fingerprint density at radius 2 is 2.00 bits per heavy atom. The first kappa shape index (κ1) is 12.0. The second-order valence-electron chi connectivity index (χ2n) is 3.01. The zero-order valence-corrected chi connectivity index (χ0v) is 9.52. The number of methoxy groups -OCH3 is 1. The lowest BCUT2D eigenvalue weighted by atomic mass is 10.3. The molecule has 86 valence electrons. The van der Waals surface area contributed by atoms with Gasteiger partial charge in [0.05, 0.1) is 19.8 Å². The van der Waals surface area contributed by atoms with Crippen LogP contribution in [0.3, 0.4) is 0 Å². The van der Waals surface area contributed by atoms with Gasteiger partial charge in [-0.05, 0) is 13.8 Å². The Morgan fingerprint density at radius 1 is 1.27 bits per heavy atom. The molecule has 0 radical (unpaired) electrons. The monoisotopic (exact) mass is 214 g/mol. The molecule has 0 N–H and O–H groups in total. The predicted molar refractivity (Wildman–Crippen MR) is 58.7 cm³/mol. The topological polar surface area (TPSA) is 52.4 Å². The molecule has 1 heterocycles. The van der Waals surface area contributed by atoms with E-state index in [9.17, 15) is 0 Å². The Hall–Kier alpha value is -1.10. The summed E-state index contributed by atoms with van der Waals surface area (Å²) in [6.45, 7) is 5.99. The van der Waals surface area contributed by atoms with E-state index < -0.39 is 0 Å². The van der Waals surface area contributed by atoms with Crippen molar-refractivity contribution in [3.8, 4) is 0 Å². The third-order valence-corrected chi connectivity index (χ3v) is 1.88. The van der Waals surface area contributed by atoms with Gasteiger partial charge in [0.1, 0.15) is 6.54 Å². The van der Waals surface area contributed by atoms with Crippen LogP contribution in [0.15, 0.2) is 9.98 Å². The van der Waals surface area contributed by atoms with E-state index in [1.54, 1.807) is 7.11 Å². The van der Waals surface area contributed by atoms with E-state index in [0.29, 0.717) is 38.2 Å². The summed E-state index contributed by atoms with van der Waals surface area (Å²) < 4.78 is 15.8. The fraction of sp³-hybridized carbons (Fsp3) is 0.800. The van der Waals surface area contributed by atoms with Crippen LogP contribution in [0.2, 0.25) is 0 Å². The van der Waals surface area contributed by atoms with Crippen LogP contribution in [0, 0.1) is 0 Å². The zero-order valence-electron chi connectivity index (χ0n) is 9.52. The molecule has 1 rings (SSSR count). The van der Waals surface area contributed by atoms with Crippen LogP contribution >= 0.6 is 0 Å². The van der Waals surface area contributed by atoms with Crippen molar-refractivity contribution in [2.24, 2.45) is 9.98 Å². The lowest BCUT2D eigenvalue weighted by Gasteiger charge is -2.20. The maximum absolute atomic E-state index is 5.38. The molecule has 1 atom stereocenters. The average Bonchev–Trinajstić information content (AvgIpc) is 2.23. The first-order chi connectivity index (χ1) is 7.31. The zero-order chi connectivity index (χ0) is 11.1. The van der Waals surface area contributed by atoms with Gasteiger partial charge in [0, 0.05) is 7.11 Å². The van der Waals surface area contributed by atoms with Crippen molar-refractivity contribution in [3.63, 3.8) is 0 Å². The smallest absolute Gasteiger partial charge is 0.211 e. The normalized spacial score (nSPS) is 20.6. The fourth-order valence-electron chi connectivity index (χ4n) is 1.33. The lowest BCUT2D eigenvalue weighted by Crippen LogP contribution is -2.33. The molecule has 1 aliphatic heterocycles. The van der Waals surface area contributed by atoms with E-state index in [0.717, 1.165) is 0 Å². The Labute approximate surface area is 90.1 Å². The first-order valence-electron chi connectivity index (χ1n) is 5.17. The molecule has 0 aromatic rings. The van der Waals surface area contributed by atoms with Gasteiger partial charge in [-0.25, -0.2) is 9.98 Å². The number of ether oxygens (including phenoxy) is 3. The number of rotatable bonds is 4. The molecule has 0 aromatic carbocycles. The van der Waals surface area contributed by atoms with Crippen LogP contribution in [0.4, 0.5) is 0 Å². The van der Waals surface area contributed by atoms with Crippen LogP contribution in [0.25, 0.3) is 0 Å². The van der Waals surface area contributed by atoms with Gasteiger partial charge >= 0.3 is 0 Å². The highest BCUT2D eigenvalue weighted by molar-refractivity contribution is 5.92. The van der Waals surface area contributed by atoms with Gasteiger partial charge in [-0.2, -0.15) is 0 Å². The molecule has 0 fully saturated rings. The Balaban J connectivity index is 2.61. The summed E-state index contributed by atoms with van der Waals surface area (Å²) >= 11 is 0. The molecule has 5 nitrogen and oxygen atoms in total. The molecule has 0 aliphatic carbocycles. The van der Waals surface area contributed by atoms with Gasteiger partial charge in [-0.15, -0.1) is 0 Å². The molecule has 15 heavy (non-hydrogen) atoms. The molecule has 5 heteroatoms. The van der Waals surface area contributed by atoms with Crippen LogP contribution in [0.1, 0.15) is 13.8 Å². The van der Waals surface area contributed by atoms with E-state index in [2.05, 4.69) is 9.98 Å². The number of hydrogen-bond donors (Lipinski definition) is 0. The average molecular weight is 214 g/mol. The third kappa shape index (κ3) is 3.51. The van der Waals surface area contributed by atoms with Gasteiger partial charge in [-0.1, -0.05) is 0 Å². The predicted octanol–water partition coefficient (Wildman–Crippen LogP) is 0.885. The van der Waals surface area contributed by atoms with Gasteiger partial charge in [0.2, 0.25) is 11.8 Å². The minimum atomic E-state index is -0.162. The summed E-state index contributed by atoms with van der Waals surface area (Å²) in [6, 6.07) is -0.162. The van der Waals surface area contributed by atoms with Crippen molar-refractivity contribution < 1.29 is 14.2 Å². The third-order valence-electron chi connectivity index (χ3n) is 1.88. The molecular weight excluding hydrogens is 196 g/mol. The number of aliphatic imine (C=N–C) groups is 2. The Bertz CT molecular complexity index is 251. The summed E-state index contributed by atoms with van der Waals surface area (Å²) in [6.07, 6.45) is 0. The van der Waals surface area contributed by atoms with Crippen LogP contribution in [0.5, 0.6) is 0 Å². The van der Waals surface area contributed by atoms with E-state index in [4.69, 9.17) is 14.2 Å². The largest absolute Gasteiger partial charge is 0.480 e. The molecular formula is C10H18N2O3. The van der Waals surface area contributed by atoms with Crippen molar-refractivity contribution in [3.05, 3.63) is 0 Å². The summed E-state index contributed by atoms with van der Waals surface area (Å²) in [5.74, 6) is 1.30. The van der Waals surface area contributed by atoms with Gasteiger partial charge in [0.25, 0.3) is 0 Å². The fourth-order valence-corrected chi connectivity index (χ4v) is 1.33. The van der Waals surface area contributed by atoms with E-state index in [1.165, 1.54) is 0 Å². The van der Waals surface area contributed by atoms with Crippen LogP contribution < -0.4 is 0 Å². The summed E-state index contributed by atoms with van der Waals surface area (Å²) in [5, 5.41) is 0. The summed E-state index contributed by atoms with van der Waals surface area (Å²) in [5.41, 5.74) is 0. The number of hydrogen-bond acceptors (Lipinski definition) is 5. The second-order valence-corrected chi connectivity index (χ2v) is 3.01. The SMILES string of the molecule is CCOC1=NC(COC)C(OCC)=NC1. The molecule has 1 aliphatic rings. The van der Waals surface area contributed by atoms with Crippen molar-refractivity contribution in [2.75, 3.05) is 33.5 Å². The maximum atomic E-state index is 5.38. The number of nitrogens with zero attached hydrogens (tertiary/aromatic N) is 2. The molecule has 0 saturated heterocycles. The molecule has 0 bridgehead atoms. The van der Waals surface area contributed by atoms with Gasteiger partial charge in [-0.3, -0.25) is 0 Å². The molecule has 1 unspecified atom stereocenters. The van der Waals surface area contributed by atoms with Gasteiger partial charge < -0.3 is 14.2 Å². The summed E-state index contributed by atoms with van der Waals surface area (Å²) in [4.78, 5) is 8.65. The standard InChI is InChI=1S/C10H18N2O3/c1-4-14-9-6-11-10(15-5-2)8(12-9)7-13-3/h8H,4-7H2,1-3H3. The van der Waals surface area contributed by atoms with Crippen molar-refractivity contribution in [1.29, 1.82) is 0 Å². The lowest BCUT2D eigenvalue weighted by molar-refractivity contribution is 0.182. The Morgan fingerprint density at radius 3 is 2.60 bits per heavy atom. The first-order valence-corrected chi connectivity index (χ1v) is 5.17. The van der Waals surface area contributed by atoms with E-state index in [-0.39, 0.29) is 6.04 Å². The Kier molecular flexibility index (Phi) is 5.10. The van der Waals surface area contributed by atoms with Crippen LogP contribution in [-0.2, 0) is 14.2 Å². The highest BCUT2D eigenvalue weighted by Gasteiger charge is 2.22. The molecule has 0 saturated carbocycles. The molecule has 0 aromatic heterocycles. The van der Waals surface area contributed by atoms with E-state index in [1.807, 2.05) is 13.8 Å². The van der Waals surface area contributed by atoms with Crippen molar-refractivity contribution in [1.82, 2.24) is 0 Å². The molecule has 0 amide bonds. The van der Waals surface area contributed by atoms with Gasteiger partial charge in [0.15, 0.2) is 6.04 Å². The molecule has 0 spiro atoms.